The van der Waals surface area contributed by atoms with E-state index >= 15 is 0 Å². The minimum atomic E-state index is -4.86. The number of carbonyl (C=O) groups excluding carboxylic acids is 1. The van der Waals surface area contributed by atoms with E-state index in [4.69, 9.17) is 0 Å². The van der Waals surface area contributed by atoms with Crippen molar-refractivity contribution in [3.05, 3.63) is 0 Å². The third-order valence-electron chi connectivity index (χ3n) is 1.12. The van der Waals surface area contributed by atoms with Crippen LogP contribution in [0, 0.1) is 0 Å². The van der Waals surface area contributed by atoms with Gasteiger partial charge in [0.2, 0.25) is 0 Å². The lowest BCUT2D eigenvalue weighted by Crippen LogP contribution is -2.40. The number of carbonyl (C=O) groups is 1. The van der Waals surface area contributed by atoms with Gasteiger partial charge in [-0.05, 0) is 6.42 Å². The summed E-state index contributed by atoms with van der Waals surface area (Å²) in [5, 5.41) is 0.292. The Labute approximate surface area is 68.0 Å². The number of hydroxylamine groups is 2. The second kappa shape index (κ2) is 4.30. The van der Waals surface area contributed by atoms with Gasteiger partial charge >= 0.3 is 12.1 Å². The fourth-order valence-electron chi connectivity index (χ4n) is 0.620. The van der Waals surface area contributed by atoms with E-state index in [9.17, 15) is 18.0 Å². The Bertz CT molecular complexity index is 157. The highest BCUT2D eigenvalue weighted by atomic mass is 19.4. The topological polar surface area (TPSA) is 29.5 Å². The highest BCUT2D eigenvalue weighted by Gasteiger charge is 2.42. The average molecular weight is 185 g/mol. The standard InChI is InChI=1S/C6H10F3NO2/c1-3-4-10(12-2)5(11)6(7,8)9/h3-4H2,1-2H3. The highest BCUT2D eigenvalue weighted by molar-refractivity contribution is 5.80. The van der Waals surface area contributed by atoms with Gasteiger partial charge < -0.3 is 0 Å². The molecule has 6 heteroatoms. The zero-order chi connectivity index (χ0) is 9.78. The van der Waals surface area contributed by atoms with Gasteiger partial charge in [0.1, 0.15) is 0 Å². The van der Waals surface area contributed by atoms with Gasteiger partial charge in [-0.25, -0.2) is 5.06 Å². The molecular formula is C6H10F3NO2. The van der Waals surface area contributed by atoms with Crippen LogP contribution >= 0.6 is 0 Å². The normalized spacial score (nSPS) is 11.4. The van der Waals surface area contributed by atoms with Crippen molar-refractivity contribution >= 4 is 5.91 Å². The summed E-state index contributed by atoms with van der Waals surface area (Å²) in [6.07, 6.45) is -4.44. The van der Waals surface area contributed by atoms with Crippen molar-refractivity contribution in [2.75, 3.05) is 13.7 Å². The Morgan fingerprint density at radius 1 is 1.50 bits per heavy atom. The molecule has 0 atom stereocenters. The maximum absolute atomic E-state index is 11.7. The van der Waals surface area contributed by atoms with Gasteiger partial charge in [-0.15, -0.1) is 0 Å². The first-order valence-corrected chi connectivity index (χ1v) is 3.36. The van der Waals surface area contributed by atoms with Crippen molar-refractivity contribution in [1.29, 1.82) is 0 Å². The van der Waals surface area contributed by atoms with E-state index in [1.165, 1.54) is 0 Å². The van der Waals surface area contributed by atoms with Gasteiger partial charge in [0.05, 0.1) is 7.11 Å². The highest BCUT2D eigenvalue weighted by Crippen LogP contribution is 2.18. The molecule has 0 bridgehead atoms. The summed E-state index contributed by atoms with van der Waals surface area (Å²) in [6, 6.07) is 0. The number of amides is 1. The second-order valence-electron chi connectivity index (χ2n) is 2.09. The van der Waals surface area contributed by atoms with Crippen LogP contribution in [0.2, 0.25) is 0 Å². The Morgan fingerprint density at radius 2 is 2.00 bits per heavy atom. The molecule has 0 aromatic rings. The van der Waals surface area contributed by atoms with Gasteiger partial charge in [-0.1, -0.05) is 6.92 Å². The van der Waals surface area contributed by atoms with Gasteiger partial charge in [0.15, 0.2) is 0 Å². The smallest absolute Gasteiger partial charge is 0.274 e. The molecule has 0 spiro atoms. The molecule has 0 saturated carbocycles. The fraction of sp³-hybridized carbons (Fsp3) is 0.833. The summed E-state index contributed by atoms with van der Waals surface area (Å²) in [4.78, 5) is 14.7. The summed E-state index contributed by atoms with van der Waals surface area (Å²) in [5.41, 5.74) is 0. The van der Waals surface area contributed by atoms with Gasteiger partial charge in [-0.3, -0.25) is 9.63 Å². The molecule has 0 aromatic carbocycles. The first-order chi connectivity index (χ1) is 5.43. The molecule has 0 fully saturated rings. The van der Waals surface area contributed by atoms with Crippen LogP contribution in [0.25, 0.3) is 0 Å². The zero-order valence-corrected chi connectivity index (χ0v) is 6.81. The third-order valence-corrected chi connectivity index (χ3v) is 1.12. The Kier molecular flexibility index (Phi) is 4.02. The van der Waals surface area contributed by atoms with E-state index in [1.807, 2.05) is 0 Å². The van der Waals surface area contributed by atoms with Crippen LogP contribution in [0.15, 0.2) is 0 Å². The van der Waals surface area contributed by atoms with Crippen molar-refractivity contribution < 1.29 is 22.8 Å². The number of nitrogens with zero attached hydrogens (tertiary/aromatic N) is 1. The van der Waals surface area contributed by atoms with Crippen molar-refractivity contribution in [1.82, 2.24) is 5.06 Å². The van der Waals surface area contributed by atoms with E-state index < -0.39 is 12.1 Å². The minimum Gasteiger partial charge on any atom is -0.274 e. The summed E-state index contributed by atoms with van der Waals surface area (Å²) in [7, 11) is 1.03. The van der Waals surface area contributed by atoms with Crippen LogP contribution in [0.5, 0.6) is 0 Å². The van der Waals surface area contributed by atoms with Crippen LogP contribution in [0.1, 0.15) is 13.3 Å². The summed E-state index contributed by atoms with van der Waals surface area (Å²) >= 11 is 0. The molecule has 0 rings (SSSR count). The molecule has 3 nitrogen and oxygen atoms in total. The quantitative estimate of drug-likeness (QED) is 0.621. The zero-order valence-electron chi connectivity index (χ0n) is 6.81. The monoisotopic (exact) mass is 185 g/mol. The number of rotatable bonds is 3. The molecule has 0 heterocycles. The van der Waals surface area contributed by atoms with Gasteiger partial charge in [0, 0.05) is 6.54 Å². The third kappa shape index (κ3) is 3.08. The Morgan fingerprint density at radius 3 is 2.25 bits per heavy atom. The van der Waals surface area contributed by atoms with Crippen molar-refractivity contribution in [3.63, 3.8) is 0 Å². The van der Waals surface area contributed by atoms with Crippen LogP contribution < -0.4 is 0 Å². The maximum atomic E-state index is 11.7. The molecule has 1 amide bonds. The van der Waals surface area contributed by atoms with Crippen LogP contribution in [0.3, 0.4) is 0 Å². The van der Waals surface area contributed by atoms with Crippen LogP contribution in [-0.2, 0) is 9.63 Å². The molecule has 72 valence electrons. The summed E-state index contributed by atoms with van der Waals surface area (Å²) in [5.74, 6) is -1.97. The molecule has 0 unspecified atom stereocenters. The lowest BCUT2D eigenvalue weighted by molar-refractivity contribution is -0.223. The fourth-order valence-corrected chi connectivity index (χ4v) is 0.620. The van der Waals surface area contributed by atoms with E-state index in [2.05, 4.69) is 4.84 Å². The van der Waals surface area contributed by atoms with Gasteiger partial charge in [-0.2, -0.15) is 13.2 Å². The van der Waals surface area contributed by atoms with Crippen LogP contribution in [0.4, 0.5) is 13.2 Å². The van der Waals surface area contributed by atoms with E-state index in [0.717, 1.165) is 7.11 Å². The number of alkyl halides is 3. The predicted octanol–water partition coefficient (Wildman–Crippen LogP) is 1.35. The van der Waals surface area contributed by atoms with E-state index in [0.29, 0.717) is 11.5 Å². The van der Waals surface area contributed by atoms with E-state index in [-0.39, 0.29) is 6.54 Å². The molecule has 0 aromatic heterocycles. The first-order valence-electron chi connectivity index (χ1n) is 3.36. The molecule has 0 N–H and O–H groups in total. The number of hydrogen-bond acceptors (Lipinski definition) is 2. The molecule has 0 radical (unpaired) electrons. The molecule has 0 saturated heterocycles. The largest absolute Gasteiger partial charge is 0.473 e. The second-order valence-corrected chi connectivity index (χ2v) is 2.09. The molecule has 12 heavy (non-hydrogen) atoms. The SMILES string of the molecule is CCCN(OC)C(=O)C(F)(F)F. The van der Waals surface area contributed by atoms with E-state index in [1.54, 1.807) is 6.92 Å². The first kappa shape index (κ1) is 11.2. The minimum absolute atomic E-state index is 0.0607. The number of hydrogen-bond donors (Lipinski definition) is 0. The summed E-state index contributed by atoms with van der Waals surface area (Å²) in [6.45, 7) is 1.59. The van der Waals surface area contributed by atoms with Crippen molar-refractivity contribution in [2.45, 2.75) is 19.5 Å². The van der Waals surface area contributed by atoms with Gasteiger partial charge in [0.25, 0.3) is 0 Å². The Balaban J connectivity index is 4.22. The maximum Gasteiger partial charge on any atom is 0.473 e. The van der Waals surface area contributed by atoms with Crippen molar-refractivity contribution in [3.8, 4) is 0 Å². The molecule has 0 aliphatic carbocycles. The molecular weight excluding hydrogens is 175 g/mol. The lowest BCUT2D eigenvalue weighted by atomic mass is 10.4. The summed E-state index contributed by atoms with van der Waals surface area (Å²) < 4.78 is 35.2. The Hall–Kier alpha value is -0.780. The molecule has 0 aliphatic rings. The lowest BCUT2D eigenvalue weighted by Gasteiger charge is -2.19. The van der Waals surface area contributed by atoms with Crippen LogP contribution in [-0.4, -0.2) is 30.8 Å². The average Bonchev–Trinajstić information content (AvgIpc) is 1.97. The predicted molar refractivity (Wildman–Crippen MR) is 35.1 cm³/mol. The molecule has 0 aliphatic heterocycles. The van der Waals surface area contributed by atoms with Crippen molar-refractivity contribution in [2.24, 2.45) is 0 Å². The number of halogens is 3.